The first kappa shape index (κ1) is 9.97. The van der Waals surface area contributed by atoms with Crippen LogP contribution in [0.5, 0.6) is 0 Å². The van der Waals surface area contributed by atoms with E-state index in [9.17, 15) is 8.78 Å². The third-order valence-electron chi connectivity index (χ3n) is 0.150. The maximum Gasteiger partial charge on any atom is 0.125 e. The summed E-state index contributed by atoms with van der Waals surface area (Å²) in [5.41, 5.74) is 0. The van der Waals surface area contributed by atoms with E-state index in [-0.39, 0.29) is 44.1 Å². The van der Waals surface area contributed by atoms with Gasteiger partial charge < -0.3 is 0 Å². The molecule has 0 saturated carbocycles. The van der Waals surface area contributed by atoms with Crippen molar-refractivity contribution in [1.29, 1.82) is 0 Å². The summed E-state index contributed by atoms with van der Waals surface area (Å²) in [6, 6.07) is 0. The van der Waals surface area contributed by atoms with E-state index in [2.05, 4.69) is 0 Å². The summed E-state index contributed by atoms with van der Waals surface area (Å²) >= 11 is 0. The van der Waals surface area contributed by atoms with Crippen molar-refractivity contribution in [1.82, 2.24) is 0 Å². The molecule has 0 aliphatic rings. The van der Waals surface area contributed by atoms with E-state index in [0.717, 1.165) is 6.92 Å². The fourth-order valence-electron chi connectivity index (χ4n) is 0. The van der Waals surface area contributed by atoms with Gasteiger partial charge in [-0.05, 0) is 6.92 Å². The molecule has 0 aliphatic carbocycles. The molecular formula is C3H4ArF2. The van der Waals surface area contributed by atoms with Crippen LogP contribution in [0, 0.1) is 37.7 Å². The Hall–Kier alpha value is 0.860. The van der Waals surface area contributed by atoms with Crippen LogP contribution in [0.25, 0.3) is 0 Å². The van der Waals surface area contributed by atoms with Gasteiger partial charge in [-0.25, -0.2) is 8.78 Å². The topological polar surface area (TPSA) is 0 Å². The SMILES string of the molecule is CC(F)=CF.[Ar]. The minimum Gasteiger partial charge on any atom is -0.213 e. The molecule has 0 aliphatic heterocycles. The van der Waals surface area contributed by atoms with Crippen LogP contribution in [0.2, 0.25) is 0 Å². The fraction of sp³-hybridized carbons (Fsp3) is 0.333. The van der Waals surface area contributed by atoms with Gasteiger partial charge in [0.1, 0.15) is 12.2 Å². The van der Waals surface area contributed by atoms with Crippen molar-refractivity contribution in [3.8, 4) is 0 Å². The van der Waals surface area contributed by atoms with Crippen LogP contribution in [-0.4, -0.2) is 0 Å². The summed E-state index contributed by atoms with van der Waals surface area (Å²) in [5.74, 6) is -0.787. The Morgan fingerprint density at radius 2 is 1.83 bits per heavy atom. The smallest absolute Gasteiger partial charge is 0.125 e. The van der Waals surface area contributed by atoms with Gasteiger partial charge in [-0.1, -0.05) is 0 Å². The molecule has 0 nitrogen and oxygen atoms in total. The molecule has 0 saturated heterocycles. The van der Waals surface area contributed by atoms with E-state index in [1.54, 1.807) is 0 Å². The zero-order chi connectivity index (χ0) is 4.28. The predicted octanol–water partition coefficient (Wildman–Crippen LogP) is 1.79. The standard InChI is InChI=1S/C3H4F2.Ar/c1-3(5)2-4;/h2H,1H3;. The maximum absolute atomic E-state index is 10.9. The molecule has 6 heavy (non-hydrogen) atoms. The second-order valence-electron chi connectivity index (χ2n) is 0.696. The van der Waals surface area contributed by atoms with Gasteiger partial charge in [0.2, 0.25) is 0 Å². The second kappa shape index (κ2) is 5.86. The monoisotopic (exact) mass is 118 g/mol. The third-order valence-corrected chi connectivity index (χ3v) is 0.150. The molecule has 0 rings (SSSR count). The summed E-state index contributed by atoms with van der Waals surface area (Å²) in [4.78, 5) is 0. The van der Waals surface area contributed by atoms with Gasteiger partial charge >= 0.3 is 0 Å². The van der Waals surface area contributed by atoms with Crippen LogP contribution < -0.4 is 0 Å². The molecule has 0 aromatic rings. The van der Waals surface area contributed by atoms with Crippen LogP contribution in [-0.2, 0) is 0 Å². The summed E-state index contributed by atoms with van der Waals surface area (Å²) < 4.78 is 21.5. The number of allylic oxidation sites excluding steroid dienone is 1. The number of hydrogen-bond donors (Lipinski definition) is 0. The summed E-state index contributed by atoms with van der Waals surface area (Å²) in [6.07, 6.45) is -0.0833. The van der Waals surface area contributed by atoms with Gasteiger partial charge in [0, 0.05) is 37.7 Å². The van der Waals surface area contributed by atoms with Crippen LogP contribution >= 0.6 is 0 Å². The van der Waals surface area contributed by atoms with E-state index in [4.69, 9.17) is 0 Å². The molecular weight excluding hydrogens is 114 g/mol. The van der Waals surface area contributed by atoms with Crippen LogP contribution in [0.4, 0.5) is 8.78 Å². The molecule has 0 spiro atoms. The molecule has 0 N–H and O–H groups in total. The predicted molar refractivity (Wildman–Crippen MR) is 16.0 cm³/mol. The first-order valence-corrected chi connectivity index (χ1v) is 1.20. The van der Waals surface area contributed by atoms with Gasteiger partial charge in [0.15, 0.2) is 0 Å². The van der Waals surface area contributed by atoms with Crippen molar-refractivity contribution in [3.05, 3.63) is 12.2 Å². The number of hydrogen-bond acceptors (Lipinski definition) is 0. The largest absolute Gasteiger partial charge is 0.213 e. The van der Waals surface area contributed by atoms with E-state index in [1.165, 1.54) is 0 Å². The van der Waals surface area contributed by atoms with Crippen molar-refractivity contribution in [2.24, 2.45) is 0 Å². The average Bonchev–Trinajstić information content (AvgIpc) is 1.38. The molecule has 0 heterocycles. The van der Waals surface area contributed by atoms with Gasteiger partial charge in [0.25, 0.3) is 0 Å². The molecule has 38 valence electrons. The Kier molecular flexibility index (Phi) is 9.74. The zero-order valence-corrected chi connectivity index (χ0v) is 3.89. The van der Waals surface area contributed by atoms with Crippen molar-refractivity contribution >= 4 is 0 Å². The maximum atomic E-state index is 10.9. The van der Waals surface area contributed by atoms with Crippen LogP contribution in [0.15, 0.2) is 12.2 Å². The Bertz CT molecular complexity index is 46.8. The third kappa shape index (κ3) is 8.85. The molecule has 0 bridgehead atoms. The Balaban J connectivity index is 0. The number of halogens is 2. The van der Waals surface area contributed by atoms with Gasteiger partial charge in [-0.2, -0.15) is 0 Å². The summed E-state index contributed by atoms with van der Waals surface area (Å²) in [5, 5.41) is 0. The van der Waals surface area contributed by atoms with Gasteiger partial charge in [-0.3, -0.25) is 0 Å². The molecule has 0 aromatic carbocycles. The minimum absolute atomic E-state index is 0. The van der Waals surface area contributed by atoms with E-state index < -0.39 is 5.83 Å². The first-order valence-electron chi connectivity index (χ1n) is 1.20. The van der Waals surface area contributed by atoms with Crippen molar-refractivity contribution < 1.29 is 46.5 Å². The first-order chi connectivity index (χ1) is 2.27. The molecule has 3 heteroatoms. The zero-order valence-electron chi connectivity index (χ0n) is 3.19. The van der Waals surface area contributed by atoms with Crippen LogP contribution in [0.1, 0.15) is 6.92 Å². The number of rotatable bonds is 0. The van der Waals surface area contributed by atoms with Crippen molar-refractivity contribution in [3.63, 3.8) is 0 Å². The van der Waals surface area contributed by atoms with Crippen molar-refractivity contribution in [2.75, 3.05) is 0 Å². The summed E-state index contributed by atoms with van der Waals surface area (Å²) in [6.45, 7) is 1.04. The minimum atomic E-state index is -0.787. The fourth-order valence-corrected chi connectivity index (χ4v) is 0. The van der Waals surface area contributed by atoms with E-state index in [1.807, 2.05) is 0 Å². The van der Waals surface area contributed by atoms with Gasteiger partial charge in [0.05, 0.1) is 0 Å². The Morgan fingerprint density at radius 3 is 1.83 bits per heavy atom. The van der Waals surface area contributed by atoms with Gasteiger partial charge in [-0.15, -0.1) is 0 Å². The molecule has 0 fully saturated rings. The molecule has 0 atom stereocenters. The Labute approximate surface area is 65.2 Å². The quantitative estimate of drug-likeness (QED) is 0.454. The van der Waals surface area contributed by atoms with E-state index >= 15 is 0 Å². The van der Waals surface area contributed by atoms with E-state index in [0.29, 0.717) is 0 Å². The van der Waals surface area contributed by atoms with Crippen LogP contribution in [0.3, 0.4) is 0 Å². The average molecular weight is 118 g/mol. The molecule has 0 radical (unpaired) electrons. The normalized spacial score (nSPS) is 10.2. The second-order valence-corrected chi connectivity index (χ2v) is 0.696. The molecule has 0 unspecified atom stereocenters. The molecule has 0 amide bonds. The molecule has 0 aromatic heterocycles. The van der Waals surface area contributed by atoms with Crippen molar-refractivity contribution in [2.45, 2.75) is 6.92 Å². The Morgan fingerprint density at radius 1 is 1.67 bits per heavy atom. The summed E-state index contributed by atoms with van der Waals surface area (Å²) in [7, 11) is 0.